The number of anilines is 1. The first-order valence-electron chi connectivity index (χ1n) is 8.71. The van der Waals surface area contributed by atoms with E-state index in [4.69, 9.17) is 0 Å². The average Bonchev–Trinajstić information content (AvgIpc) is 3.08. The number of piperidine rings is 1. The Morgan fingerprint density at radius 2 is 2.04 bits per heavy atom. The Hall–Kier alpha value is -2.25. The number of nitrogens with zero attached hydrogens (tertiary/aromatic N) is 2. The number of benzene rings is 1. The van der Waals surface area contributed by atoms with Crippen molar-refractivity contribution in [3.63, 3.8) is 0 Å². The van der Waals surface area contributed by atoms with E-state index in [0.717, 1.165) is 31.2 Å². The van der Waals surface area contributed by atoms with E-state index in [1.54, 1.807) is 24.3 Å². The van der Waals surface area contributed by atoms with Crippen molar-refractivity contribution in [3.05, 3.63) is 46.5 Å². The van der Waals surface area contributed by atoms with Crippen molar-refractivity contribution in [2.45, 2.75) is 26.3 Å². The molecule has 0 radical (unpaired) electrons. The number of esters is 1. The SMILES string of the molecule is COC(=O)c1ccc(C(=O)Nc2nc(CN3CCC[C@@H](C)C3)cs2)cc1. The van der Waals surface area contributed by atoms with Gasteiger partial charge in [-0.3, -0.25) is 15.0 Å². The first-order valence-corrected chi connectivity index (χ1v) is 9.59. The summed E-state index contributed by atoms with van der Waals surface area (Å²) in [6, 6.07) is 6.35. The van der Waals surface area contributed by atoms with E-state index in [1.165, 1.54) is 31.3 Å². The number of ether oxygens (including phenoxy) is 1. The van der Waals surface area contributed by atoms with E-state index in [9.17, 15) is 9.59 Å². The number of hydrogen-bond acceptors (Lipinski definition) is 6. The maximum Gasteiger partial charge on any atom is 0.337 e. The van der Waals surface area contributed by atoms with E-state index < -0.39 is 5.97 Å². The topological polar surface area (TPSA) is 71.5 Å². The molecule has 1 aromatic heterocycles. The van der Waals surface area contributed by atoms with Gasteiger partial charge in [0.2, 0.25) is 0 Å². The molecule has 2 aromatic rings. The Morgan fingerprint density at radius 3 is 2.73 bits per heavy atom. The molecule has 1 fully saturated rings. The lowest BCUT2D eigenvalue weighted by molar-refractivity contribution is 0.0600. The highest BCUT2D eigenvalue weighted by Gasteiger charge is 2.18. The molecule has 0 spiro atoms. The molecule has 1 amide bonds. The molecule has 6 nitrogen and oxygen atoms in total. The number of carbonyl (C=O) groups is 2. The Kier molecular flexibility index (Phi) is 6.00. The van der Waals surface area contributed by atoms with Crippen molar-refractivity contribution in [2.75, 3.05) is 25.5 Å². The molecule has 1 N–H and O–H groups in total. The van der Waals surface area contributed by atoms with Crippen LogP contribution >= 0.6 is 11.3 Å². The van der Waals surface area contributed by atoms with Gasteiger partial charge in [0.25, 0.3) is 5.91 Å². The fourth-order valence-electron chi connectivity index (χ4n) is 3.14. The fourth-order valence-corrected chi connectivity index (χ4v) is 3.84. The van der Waals surface area contributed by atoms with Crippen molar-refractivity contribution in [1.29, 1.82) is 0 Å². The minimum atomic E-state index is -0.423. The van der Waals surface area contributed by atoms with E-state index in [1.807, 2.05) is 5.38 Å². The zero-order chi connectivity index (χ0) is 18.5. The minimum Gasteiger partial charge on any atom is -0.465 e. The maximum absolute atomic E-state index is 12.3. The van der Waals surface area contributed by atoms with Crippen LogP contribution in [-0.4, -0.2) is 42.0 Å². The highest BCUT2D eigenvalue weighted by Crippen LogP contribution is 2.21. The molecule has 138 valence electrons. The minimum absolute atomic E-state index is 0.242. The van der Waals surface area contributed by atoms with Gasteiger partial charge >= 0.3 is 5.97 Å². The number of hydrogen-bond donors (Lipinski definition) is 1. The number of amides is 1. The van der Waals surface area contributed by atoms with Crippen molar-refractivity contribution in [1.82, 2.24) is 9.88 Å². The second kappa shape index (κ2) is 8.42. The Morgan fingerprint density at radius 1 is 1.31 bits per heavy atom. The Balaban J connectivity index is 1.58. The van der Waals surface area contributed by atoms with Gasteiger partial charge in [-0.15, -0.1) is 11.3 Å². The van der Waals surface area contributed by atoms with Crippen molar-refractivity contribution < 1.29 is 14.3 Å². The average molecular weight is 373 g/mol. The third-order valence-electron chi connectivity index (χ3n) is 4.47. The van der Waals surface area contributed by atoms with Crippen LogP contribution in [0.4, 0.5) is 5.13 Å². The molecular weight excluding hydrogens is 350 g/mol. The molecule has 2 heterocycles. The number of carbonyl (C=O) groups excluding carboxylic acids is 2. The highest BCUT2D eigenvalue weighted by atomic mass is 32.1. The smallest absolute Gasteiger partial charge is 0.337 e. The summed E-state index contributed by atoms with van der Waals surface area (Å²) in [7, 11) is 1.33. The van der Waals surface area contributed by atoms with Crippen LogP contribution in [0.5, 0.6) is 0 Å². The standard InChI is InChI=1S/C19H23N3O3S/c1-13-4-3-9-22(10-13)11-16-12-26-19(20-16)21-17(23)14-5-7-15(8-6-14)18(24)25-2/h5-8,12-13H,3-4,9-11H2,1-2H3,(H,20,21,23)/t13-/m1/s1. The van der Waals surface area contributed by atoms with Gasteiger partial charge in [0, 0.05) is 24.0 Å². The second-order valence-corrected chi connectivity index (χ2v) is 7.51. The lowest BCUT2D eigenvalue weighted by Gasteiger charge is -2.30. The van der Waals surface area contributed by atoms with E-state index in [-0.39, 0.29) is 5.91 Å². The molecule has 0 unspecified atom stereocenters. The van der Waals surface area contributed by atoms with Crippen molar-refractivity contribution >= 4 is 28.3 Å². The molecule has 1 saturated heterocycles. The number of aromatic nitrogens is 1. The fraction of sp³-hybridized carbons (Fsp3) is 0.421. The molecular formula is C19H23N3O3S. The third kappa shape index (κ3) is 4.68. The number of likely N-dealkylation sites (tertiary alicyclic amines) is 1. The summed E-state index contributed by atoms with van der Waals surface area (Å²) in [6.45, 7) is 5.32. The van der Waals surface area contributed by atoms with Gasteiger partial charge in [-0.1, -0.05) is 6.92 Å². The number of rotatable bonds is 5. The zero-order valence-electron chi connectivity index (χ0n) is 15.0. The summed E-state index contributed by atoms with van der Waals surface area (Å²) < 4.78 is 4.65. The summed E-state index contributed by atoms with van der Waals surface area (Å²) >= 11 is 1.43. The van der Waals surface area contributed by atoms with Crippen molar-refractivity contribution in [3.8, 4) is 0 Å². The first kappa shape index (κ1) is 18.5. The van der Waals surface area contributed by atoms with Crippen LogP contribution in [-0.2, 0) is 11.3 Å². The predicted molar refractivity (Wildman–Crippen MR) is 102 cm³/mol. The molecule has 0 saturated carbocycles. The lowest BCUT2D eigenvalue weighted by Crippen LogP contribution is -2.33. The molecule has 1 atom stereocenters. The number of methoxy groups -OCH3 is 1. The summed E-state index contributed by atoms with van der Waals surface area (Å²) in [6.07, 6.45) is 2.53. The maximum atomic E-state index is 12.3. The molecule has 0 bridgehead atoms. The Labute approximate surface area is 157 Å². The van der Waals surface area contributed by atoms with Gasteiger partial charge < -0.3 is 4.74 Å². The second-order valence-electron chi connectivity index (χ2n) is 6.65. The van der Waals surface area contributed by atoms with Crippen LogP contribution < -0.4 is 5.32 Å². The van der Waals surface area contributed by atoms with Crippen LogP contribution in [0.25, 0.3) is 0 Å². The summed E-state index contributed by atoms with van der Waals surface area (Å²) in [5, 5.41) is 5.41. The predicted octanol–water partition coefficient (Wildman–Crippen LogP) is 3.41. The molecule has 1 aromatic carbocycles. The largest absolute Gasteiger partial charge is 0.465 e. The van der Waals surface area contributed by atoms with Crippen LogP contribution in [0.1, 0.15) is 46.2 Å². The number of nitrogens with one attached hydrogen (secondary N) is 1. The monoisotopic (exact) mass is 373 g/mol. The van der Waals surface area contributed by atoms with Gasteiger partial charge in [0.05, 0.1) is 18.4 Å². The molecule has 26 heavy (non-hydrogen) atoms. The Bertz CT molecular complexity index is 773. The highest BCUT2D eigenvalue weighted by molar-refractivity contribution is 7.13. The zero-order valence-corrected chi connectivity index (χ0v) is 15.8. The number of thiazole rings is 1. The molecule has 1 aliphatic heterocycles. The van der Waals surface area contributed by atoms with Gasteiger partial charge in [0.1, 0.15) is 0 Å². The van der Waals surface area contributed by atoms with E-state index in [2.05, 4.69) is 26.9 Å². The quantitative estimate of drug-likeness (QED) is 0.813. The van der Waals surface area contributed by atoms with Crippen LogP contribution in [0, 0.1) is 5.92 Å². The normalized spacial score (nSPS) is 17.7. The van der Waals surface area contributed by atoms with Gasteiger partial charge in [-0.2, -0.15) is 0 Å². The van der Waals surface area contributed by atoms with Gasteiger partial charge in [0.15, 0.2) is 5.13 Å². The van der Waals surface area contributed by atoms with Crippen LogP contribution in [0.15, 0.2) is 29.6 Å². The van der Waals surface area contributed by atoms with Gasteiger partial charge in [-0.05, 0) is 49.6 Å². The summed E-state index contributed by atoms with van der Waals surface area (Å²) in [5.41, 5.74) is 1.87. The first-order chi connectivity index (χ1) is 12.5. The molecule has 7 heteroatoms. The van der Waals surface area contributed by atoms with Gasteiger partial charge in [-0.25, -0.2) is 9.78 Å². The van der Waals surface area contributed by atoms with E-state index in [0.29, 0.717) is 16.3 Å². The lowest BCUT2D eigenvalue weighted by atomic mass is 10.0. The summed E-state index contributed by atoms with van der Waals surface area (Å²) in [5.74, 6) is 0.0667. The van der Waals surface area contributed by atoms with E-state index >= 15 is 0 Å². The molecule has 3 rings (SSSR count). The summed E-state index contributed by atoms with van der Waals surface area (Å²) in [4.78, 5) is 30.7. The van der Waals surface area contributed by atoms with Crippen LogP contribution in [0.2, 0.25) is 0 Å². The van der Waals surface area contributed by atoms with Crippen LogP contribution in [0.3, 0.4) is 0 Å². The third-order valence-corrected chi connectivity index (χ3v) is 5.27. The molecule has 0 aliphatic carbocycles. The molecule has 1 aliphatic rings. The van der Waals surface area contributed by atoms with Crippen molar-refractivity contribution in [2.24, 2.45) is 5.92 Å².